The first kappa shape index (κ1) is 13.1. The molecule has 0 saturated heterocycles. The minimum absolute atomic E-state index is 0.246. The van der Waals surface area contributed by atoms with Crippen LogP contribution in [0.3, 0.4) is 0 Å². The van der Waals surface area contributed by atoms with E-state index in [0.717, 1.165) is 0 Å². The number of halogens is 3. The molecule has 0 aliphatic rings. The van der Waals surface area contributed by atoms with Crippen LogP contribution < -0.4 is 5.73 Å². The largest absolute Gasteiger partial charge is 0.398 e. The summed E-state index contributed by atoms with van der Waals surface area (Å²) < 4.78 is 13.7. The number of rotatable bonds is 2. The summed E-state index contributed by atoms with van der Waals surface area (Å²) >= 11 is 9.07. The molecule has 0 saturated carbocycles. The first-order chi connectivity index (χ1) is 8.49. The second-order valence-corrected chi connectivity index (χ2v) is 4.95. The zero-order valence-electron chi connectivity index (χ0n) is 9.08. The van der Waals surface area contributed by atoms with Crippen LogP contribution in [-0.4, -0.2) is 5.78 Å². The van der Waals surface area contributed by atoms with Gasteiger partial charge in [0.15, 0.2) is 5.78 Å². The second kappa shape index (κ2) is 5.08. The lowest BCUT2D eigenvalue weighted by Crippen LogP contribution is -2.03. The van der Waals surface area contributed by atoms with Crippen molar-refractivity contribution in [2.24, 2.45) is 0 Å². The fraction of sp³-hybridized carbons (Fsp3) is 0. The lowest BCUT2D eigenvalue weighted by atomic mass is 10.0. The molecule has 2 nitrogen and oxygen atoms in total. The zero-order chi connectivity index (χ0) is 13.3. The van der Waals surface area contributed by atoms with Crippen LogP contribution in [0.25, 0.3) is 0 Å². The van der Waals surface area contributed by atoms with Gasteiger partial charge in [-0.1, -0.05) is 27.5 Å². The van der Waals surface area contributed by atoms with Crippen LogP contribution in [0.1, 0.15) is 15.9 Å². The Morgan fingerprint density at radius 3 is 2.61 bits per heavy atom. The summed E-state index contributed by atoms with van der Waals surface area (Å²) in [7, 11) is 0. The number of carbonyl (C=O) groups is 1. The van der Waals surface area contributed by atoms with Gasteiger partial charge >= 0.3 is 0 Å². The van der Waals surface area contributed by atoms with E-state index in [9.17, 15) is 9.18 Å². The van der Waals surface area contributed by atoms with Crippen LogP contribution in [0.4, 0.5) is 10.1 Å². The van der Waals surface area contributed by atoms with Gasteiger partial charge in [0, 0.05) is 15.6 Å². The minimum Gasteiger partial charge on any atom is -0.398 e. The Morgan fingerprint density at radius 2 is 1.94 bits per heavy atom. The highest BCUT2D eigenvalue weighted by molar-refractivity contribution is 9.10. The van der Waals surface area contributed by atoms with E-state index >= 15 is 0 Å². The Bertz CT molecular complexity index is 630. The van der Waals surface area contributed by atoms with Gasteiger partial charge in [0.25, 0.3) is 0 Å². The Hall–Kier alpha value is -1.39. The topological polar surface area (TPSA) is 43.1 Å². The van der Waals surface area contributed by atoms with Gasteiger partial charge in [-0.2, -0.15) is 0 Å². The fourth-order valence-electron chi connectivity index (χ4n) is 1.50. The highest BCUT2D eigenvalue weighted by atomic mass is 79.9. The maximum absolute atomic E-state index is 13.1. The van der Waals surface area contributed by atoms with Gasteiger partial charge in [0.2, 0.25) is 0 Å². The third-order valence-electron chi connectivity index (χ3n) is 2.44. The molecule has 0 aliphatic heterocycles. The first-order valence-electron chi connectivity index (χ1n) is 5.04. The van der Waals surface area contributed by atoms with Gasteiger partial charge in [0.05, 0.1) is 10.7 Å². The van der Waals surface area contributed by atoms with Crippen molar-refractivity contribution >= 4 is 39.0 Å². The molecule has 0 bridgehead atoms. The number of ketones is 1. The van der Waals surface area contributed by atoms with Crippen LogP contribution in [0.5, 0.6) is 0 Å². The Labute approximate surface area is 117 Å². The average Bonchev–Trinajstić information content (AvgIpc) is 2.35. The Balaban J connectivity index is 2.47. The van der Waals surface area contributed by atoms with Crippen molar-refractivity contribution < 1.29 is 9.18 Å². The third kappa shape index (κ3) is 2.54. The van der Waals surface area contributed by atoms with Crippen molar-refractivity contribution in [3.05, 3.63) is 62.8 Å². The molecule has 0 radical (unpaired) electrons. The van der Waals surface area contributed by atoms with E-state index in [1.54, 1.807) is 12.1 Å². The maximum Gasteiger partial charge on any atom is 0.194 e. The molecule has 2 N–H and O–H groups in total. The average molecular weight is 329 g/mol. The van der Waals surface area contributed by atoms with Gasteiger partial charge in [-0.15, -0.1) is 0 Å². The van der Waals surface area contributed by atoms with E-state index in [2.05, 4.69) is 15.9 Å². The summed E-state index contributed by atoms with van der Waals surface area (Å²) in [5, 5.41) is 0.299. The van der Waals surface area contributed by atoms with Gasteiger partial charge in [-0.25, -0.2) is 4.39 Å². The van der Waals surface area contributed by atoms with Gasteiger partial charge in [-0.3, -0.25) is 4.79 Å². The number of carbonyl (C=O) groups excluding carboxylic acids is 1. The summed E-state index contributed by atoms with van der Waals surface area (Å²) in [6.45, 7) is 0. The van der Waals surface area contributed by atoms with Crippen LogP contribution in [0, 0.1) is 5.82 Å². The number of benzene rings is 2. The lowest BCUT2D eigenvalue weighted by Gasteiger charge is -2.05. The molecule has 5 heteroatoms. The molecule has 0 fully saturated rings. The standard InChI is InChI=1S/C13H8BrClFNO/c14-10-3-2-8(16)6-9(10)13(18)7-1-4-12(17)11(15)5-7/h1-6H,17H2. The van der Waals surface area contributed by atoms with Crippen LogP contribution in [0.15, 0.2) is 40.9 Å². The van der Waals surface area contributed by atoms with Crippen molar-refractivity contribution in [1.29, 1.82) is 0 Å². The molecule has 0 spiro atoms. The number of anilines is 1. The molecule has 18 heavy (non-hydrogen) atoms. The molecule has 92 valence electrons. The molecule has 0 amide bonds. The van der Waals surface area contributed by atoms with Crippen molar-refractivity contribution in [1.82, 2.24) is 0 Å². The van der Waals surface area contributed by atoms with Gasteiger partial charge < -0.3 is 5.73 Å². The lowest BCUT2D eigenvalue weighted by molar-refractivity contribution is 0.103. The van der Waals surface area contributed by atoms with Crippen LogP contribution in [-0.2, 0) is 0 Å². The third-order valence-corrected chi connectivity index (χ3v) is 3.45. The van der Waals surface area contributed by atoms with Crippen LogP contribution in [0.2, 0.25) is 5.02 Å². The number of hydrogen-bond donors (Lipinski definition) is 1. The molecule has 0 aromatic heterocycles. The quantitative estimate of drug-likeness (QED) is 0.667. The summed E-state index contributed by atoms with van der Waals surface area (Å²) in [5.74, 6) is -0.786. The molecule has 2 aromatic carbocycles. The summed E-state index contributed by atoms with van der Waals surface area (Å²) in [6, 6.07) is 8.51. The van der Waals surface area contributed by atoms with Gasteiger partial charge in [-0.05, 0) is 36.4 Å². The predicted molar refractivity (Wildman–Crippen MR) is 73.4 cm³/mol. The fourth-order valence-corrected chi connectivity index (χ4v) is 2.10. The van der Waals surface area contributed by atoms with Crippen molar-refractivity contribution in [3.8, 4) is 0 Å². The molecular weight excluding hydrogens is 321 g/mol. The second-order valence-electron chi connectivity index (χ2n) is 3.69. The summed E-state index contributed by atoms with van der Waals surface area (Å²) in [5.41, 5.74) is 6.57. The van der Waals surface area contributed by atoms with Gasteiger partial charge in [0.1, 0.15) is 5.82 Å². The van der Waals surface area contributed by atoms with E-state index in [4.69, 9.17) is 17.3 Å². The summed E-state index contributed by atoms with van der Waals surface area (Å²) in [6.07, 6.45) is 0. The number of nitrogen functional groups attached to an aromatic ring is 1. The molecule has 2 aromatic rings. The van der Waals surface area contributed by atoms with E-state index in [1.807, 2.05) is 0 Å². The predicted octanol–water partition coefficient (Wildman–Crippen LogP) is 4.05. The minimum atomic E-state index is -0.469. The highest BCUT2D eigenvalue weighted by Gasteiger charge is 2.14. The van der Waals surface area contributed by atoms with Crippen molar-refractivity contribution in [2.75, 3.05) is 5.73 Å². The SMILES string of the molecule is Nc1ccc(C(=O)c2cc(F)ccc2Br)cc1Cl. The first-order valence-corrected chi connectivity index (χ1v) is 6.21. The van der Waals surface area contributed by atoms with E-state index in [-0.39, 0.29) is 11.3 Å². The maximum atomic E-state index is 13.1. The highest BCUT2D eigenvalue weighted by Crippen LogP contribution is 2.25. The zero-order valence-corrected chi connectivity index (χ0v) is 11.4. The Morgan fingerprint density at radius 1 is 1.22 bits per heavy atom. The molecule has 0 aliphatic carbocycles. The molecule has 2 rings (SSSR count). The molecule has 0 atom stereocenters. The van der Waals surface area contributed by atoms with E-state index < -0.39 is 5.82 Å². The van der Waals surface area contributed by atoms with E-state index in [1.165, 1.54) is 24.3 Å². The molecular formula is C13H8BrClFNO. The normalized spacial score (nSPS) is 10.4. The van der Waals surface area contributed by atoms with Crippen molar-refractivity contribution in [3.63, 3.8) is 0 Å². The molecule has 0 unspecified atom stereocenters. The van der Waals surface area contributed by atoms with Crippen LogP contribution >= 0.6 is 27.5 Å². The van der Waals surface area contributed by atoms with E-state index in [0.29, 0.717) is 20.7 Å². The number of hydrogen-bond acceptors (Lipinski definition) is 2. The monoisotopic (exact) mass is 327 g/mol. The van der Waals surface area contributed by atoms with Crippen molar-refractivity contribution in [2.45, 2.75) is 0 Å². The Kier molecular flexibility index (Phi) is 3.68. The molecule has 0 heterocycles. The number of nitrogens with two attached hydrogens (primary N) is 1. The smallest absolute Gasteiger partial charge is 0.194 e. The summed E-state index contributed by atoms with van der Waals surface area (Å²) in [4.78, 5) is 12.2.